The molecule has 36 heavy (non-hydrogen) atoms. The Balaban J connectivity index is 1.40. The van der Waals surface area contributed by atoms with Crippen LogP contribution in [0.15, 0.2) is 54.7 Å². The van der Waals surface area contributed by atoms with Gasteiger partial charge in [-0.05, 0) is 85.2 Å². The number of benzene rings is 2. The number of carbonyl (C=O) groups excluding carboxylic acids is 1. The number of rotatable bonds is 8. The lowest BCUT2D eigenvalue weighted by Crippen LogP contribution is -2.29. The van der Waals surface area contributed by atoms with Gasteiger partial charge in [0.1, 0.15) is 0 Å². The number of nitrogens with zero attached hydrogens (tertiary/aromatic N) is 1. The summed E-state index contributed by atoms with van der Waals surface area (Å²) in [6.07, 6.45) is 8.16. The molecule has 2 aromatic carbocycles. The molecule has 0 spiro atoms. The quantitative estimate of drug-likeness (QED) is 0.135. The number of aromatic nitrogens is 2. The van der Waals surface area contributed by atoms with Gasteiger partial charge in [-0.15, -0.1) is 0 Å². The molecule has 0 aliphatic heterocycles. The molecule has 0 radical (unpaired) electrons. The minimum Gasteiger partial charge on any atom is -0.361 e. The number of aryl methyl sites for hydroxylation is 3. The fourth-order valence-corrected chi connectivity index (χ4v) is 5.50. The number of hydrogen-bond donors (Lipinski definition) is 4. The third kappa shape index (κ3) is 5.12. The summed E-state index contributed by atoms with van der Waals surface area (Å²) in [6.45, 7) is 6.05. The van der Waals surface area contributed by atoms with Gasteiger partial charge in [0.25, 0.3) is 5.91 Å². The predicted molar refractivity (Wildman–Crippen MR) is 144 cm³/mol. The Kier molecular flexibility index (Phi) is 7.01. The van der Waals surface area contributed by atoms with Gasteiger partial charge in [0, 0.05) is 58.7 Å². The van der Waals surface area contributed by atoms with Crippen LogP contribution in [0, 0.1) is 13.8 Å². The fourth-order valence-electron chi connectivity index (χ4n) is 5.33. The van der Waals surface area contributed by atoms with E-state index in [0.717, 1.165) is 48.5 Å². The van der Waals surface area contributed by atoms with Gasteiger partial charge in [-0.3, -0.25) is 14.9 Å². The van der Waals surface area contributed by atoms with Crippen molar-refractivity contribution in [1.82, 2.24) is 20.3 Å². The van der Waals surface area contributed by atoms with Crippen molar-refractivity contribution in [3.63, 3.8) is 0 Å². The Morgan fingerprint density at radius 3 is 2.86 bits per heavy atom. The van der Waals surface area contributed by atoms with Gasteiger partial charge >= 0.3 is 0 Å². The summed E-state index contributed by atoms with van der Waals surface area (Å²) in [4.78, 5) is 20.9. The normalized spacial score (nSPS) is 15.3. The van der Waals surface area contributed by atoms with E-state index < -0.39 is 5.91 Å². The predicted octanol–water partition coefficient (Wildman–Crippen LogP) is 6.02. The summed E-state index contributed by atoms with van der Waals surface area (Å²) in [5.74, 6) is -0.532. The monoisotopic (exact) mass is 502 g/mol. The first-order valence-corrected chi connectivity index (χ1v) is 12.7. The molecule has 1 unspecified atom stereocenters. The van der Waals surface area contributed by atoms with Crippen molar-refractivity contribution in [2.45, 2.75) is 45.7 Å². The summed E-state index contributed by atoms with van der Waals surface area (Å²) in [7, 11) is 0. The van der Waals surface area contributed by atoms with Gasteiger partial charge in [-0.2, -0.15) is 0 Å². The Hall–Kier alpha value is -3.32. The summed E-state index contributed by atoms with van der Waals surface area (Å²) in [5.41, 5.74) is 11.4. The lowest BCUT2D eigenvalue weighted by molar-refractivity contribution is -0.124. The molecule has 0 fully saturated rings. The molecule has 4 aromatic rings. The highest BCUT2D eigenvalue weighted by atomic mass is 35.5. The number of carbonyl (C=O) groups is 1. The van der Waals surface area contributed by atoms with Gasteiger partial charge in [-0.25, -0.2) is 5.48 Å². The molecule has 1 atom stereocenters. The lowest BCUT2D eigenvalue weighted by atomic mass is 10.0. The molecule has 0 bridgehead atoms. The van der Waals surface area contributed by atoms with Gasteiger partial charge in [-0.1, -0.05) is 35.9 Å². The maximum absolute atomic E-state index is 11.4. The Morgan fingerprint density at radius 2 is 2.08 bits per heavy atom. The van der Waals surface area contributed by atoms with E-state index >= 15 is 0 Å². The Bertz CT molecular complexity index is 1420. The number of H-pyrrole nitrogens is 2. The molecule has 1 aliphatic carbocycles. The van der Waals surface area contributed by atoms with E-state index in [2.05, 4.69) is 59.2 Å². The summed E-state index contributed by atoms with van der Waals surface area (Å²) in [5, 5.41) is 10.7. The van der Waals surface area contributed by atoms with Gasteiger partial charge < -0.3 is 9.97 Å². The van der Waals surface area contributed by atoms with E-state index in [-0.39, 0.29) is 0 Å². The highest BCUT2D eigenvalue weighted by molar-refractivity contribution is 6.31. The van der Waals surface area contributed by atoms with Crippen molar-refractivity contribution in [2.75, 3.05) is 6.54 Å². The molecule has 2 heterocycles. The smallest absolute Gasteiger partial charge is 0.267 e. The number of aromatic amines is 2. The van der Waals surface area contributed by atoms with Crippen molar-refractivity contribution in [1.29, 1.82) is 0 Å². The highest BCUT2D eigenvalue weighted by Gasteiger charge is 2.28. The van der Waals surface area contributed by atoms with Gasteiger partial charge in [0.2, 0.25) is 0 Å². The second-order valence-corrected chi connectivity index (χ2v) is 10.1. The van der Waals surface area contributed by atoms with Crippen LogP contribution in [0.4, 0.5) is 0 Å². The zero-order valence-electron chi connectivity index (χ0n) is 20.6. The van der Waals surface area contributed by atoms with E-state index in [1.165, 1.54) is 45.1 Å². The second kappa shape index (κ2) is 10.3. The SMILES string of the molecule is Cc1cc(CN(CCc2c[nH]c3cc(Cl)ccc23)C2CCc3cc(/C=C/C(=O)NO)ccc32)[nH]c1C. The van der Waals surface area contributed by atoms with E-state index in [1.807, 2.05) is 18.2 Å². The van der Waals surface area contributed by atoms with Crippen LogP contribution in [0.25, 0.3) is 17.0 Å². The number of halogens is 1. The zero-order chi connectivity index (χ0) is 25.2. The van der Waals surface area contributed by atoms with Crippen molar-refractivity contribution >= 4 is 34.5 Å². The molecule has 1 aliphatic rings. The first-order chi connectivity index (χ1) is 17.4. The molecule has 7 heteroatoms. The molecule has 6 nitrogen and oxygen atoms in total. The van der Waals surface area contributed by atoms with Crippen LogP contribution in [-0.4, -0.2) is 32.5 Å². The standard InChI is InChI=1S/C29H31ClN4O2/c1-18-13-24(32-19(18)2)17-34(12-11-22-16-31-27-15-23(30)6-8-25(22)27)28-9-5-21-14-20(3-7-26(21)28)4-10-29(35)33-36/h3-4,6-8,10,13-16,28,31-32,36H,5,9,11-12,17H2,1-2H3,(H,33,35)/b10-4+. The van der Waals surface area contributed by atoms with Crippen molar-refractivity contribution in [2.24, 2.45) is 0 Å². The summed E-state index contributed by atoms with van der Waals surface area (Å²) < 4.78 is 0. The van der Waals surface area contributed by atoms with Crippen LogP contribution < -0.4 is 5.48 Å². The van der Waals surface area contributed by atoms with Crippen molar-refractivity contribution in [3.8, 4) is 0 Å². The minimum atomic E-state index is -0.532. The largest absolute Gasteiger partial charge is 0.361 e. The molecule has 2 aromatic heterocycles. The maximum Gasteiger partial charge on any atom is 0.267 e. The van der Waals surface area contributed by atoms with E-state index in [9.17, 15) is 4.79 Å². The number of amides is 1. The second-order valence-electron chi connectivity index (χ2n) is 9.65. The van der Waals surface area contributed by atoms with Crippen molar-refractivity contribution in [3.05, 3.63) is 99.0 Å². The molecular formula is C29H31ClN4O2. The summed E-state index contributed by atoms with van der Waals surface area (Å²) in [6, 6.07) is 15.0. The van der Waals surface area contributed by atoms with Crippen LogP contribution in [0.1, 0.15) is 51.7 Å². The molecule has 5 rings (SSSR count). The Morgan fingerprint density at radius 1 is 1.22 bits per heavy atom. The molecule has 186 valence electrons. The number of hydroxylamine groups is 1. The van der Waals surface area contributed by atoms with Gasteiger partial charge in [0.15, 0.2) is 0 Å². The van der Waals surface area contributed by atoms with Crippen LogP contribution >= 0.6 is 11.6 Å². The fraction of sp³-hybridized carbons (Fsp3) is 0.276. The number of nitrogens with one attached hydrogen (secondary N) is 3. The molecule has 0 saturated heterocycles. The molecule has 4 N–H and O–H groups in total. The van der Waals surface area contributed by atoms with Crippen LogP contribution in [0.3, 0.4) is 0 Å². The zero-order valence-corrected chi connectivity index (χ0v) is 21.3. The molecular weight excluding hydrogens is 472 g/mol. The minimum absolute atomic E-state index is 0.322. The van der Waals surface area contributed by atoms with E-state index in [0.29, 0.717) is 6.04 Å². The average Bonchev–Trinajstić information content (AvgIpc) is 3.56. The molecule has 1 amide bonds. The lowest BCUT2D eigenvalue weighted by Gasteiger charge is -2.29. The topological polar surface area (TPSA) is 84.2 Å². The third-order valence-corrected chi connectivity index (χ3v) is 7.53. The average molecular weight is 503 g/mol. The number of hydrogen-bond acceptors (Lipinski definition) is 3. The van der Waals surface area contributed by atoms with Crippen molar-refractivity contribution < 1.29 is 10.0 Å². The van der Waals surface area contributed by atoms with Crippen LogP contribution in [0.5, 0.6) is 0 Å². The first-order valence-electron chi connectivity index (χ1n) is 12.3. The molecule has 0 saturated carbocycles. The van der Waals surface area contributed by atoms with Gasteiger partial charge in [0.05, 0.1) is 0 Å². The highest BCUT2D eigenvalue weighted by Crippen LogP contribution is 2.37. The maximum atomic E-state index is 11.4. The van der Waals surface area contributed by atoms with Crippen LogP contribution in [0.2, 0.25) is 5.02 Å². The first kappa shape index (κ1) is 24.4. The van der Waals surface area contributed by atoms with Crippen LogP contribution in [-0.2, 0) is 24.2 Å². The number of fused-ring (bicyclic) bond motifs is 2. The third-order valence-electron chi connectivity index (χ3n) is 7.29. The Labute approximate surface area is 215 Å². The van der Waals surface area contributed by atoms with E-state index in [4.69, 9.17) is 16.8 Å². The summed E-state index contributed by atoms with van der Waals surface area (Å²) >= 11 is 6.18. The van der Waals surface area contributed by atoms with E-state index in [1.54, 1.807) is 11.6 Å².